The Hall–Kier alpha value is -2.94. The highest BCUT2D eigenvalue weighted by atomic mass is 16.5. The number of hydrogen-bond donors (Lipinski definition) is 1. The predicted octanol–water partition coefficient (Wildman–Crippen LogP) is 5.03. The van der Waals surface area contributed by atoms with Crippen LogP contribution >= 0.6 is 0 Å². The summed E-state index contributed by atoms with van der Waals surface area (Å²) >= 11 is 0. The summed E-state index contributed by atoms with van der Waals surface area (Å²) in [7, 11) is 3.38. The second-order valence-corrected chi connectivity index (χ2v) is 6.68. The van der Waals surface area contributed by atoms with Crippen molar-refractivity contribution in [3.63, 3.8) is 0 Å². The van der Waals surface area contributed by atoms with Crippen LogP contribution in [0.1, 0.15) is 46.1 Å². The van der Waals surface area contributed by atoms with Gasteiger partial charge in [-0.3, -0.25) is 0 Å². The molecule has 1 heterocycles. The maximum atomic E-state index is 9.72. The lowest BCUT2D eigenvalue weighted by atomic mass is 10.0. The van der Waals surface area contributed by atoms with Crippen molar-refractivity contribution in [1.29, 1.82) is 5.26 Å². The van der Waals surface area contributed by atoms with Gasteiger partial charge in [-0.05, 0) is 38.8 Å². The van der Waals surface area contributed by atoms with Crippen LogP contribution in [-0.2, 0) is 0 Å². The van der Waals surface area contributed by atoms with Gasteiger partial charge >= 0.3 is 0 Å². The Morgan fingerprint density at radius 1 is 1.11 bits per heavy atom. The third-order valence-corrected chi connectivity index (χ3v) is 4.35. The summed E-state index contributed by atoms with van der Waals surface area (Å²) in [5, 5.41) is 12.8. The molecule has 0 unspecified atom stereocenters. The van der Waals surface area contributed by atoms with E-state index in [0.717, 1.165) is 18.4 Å². The molecule has 1 aromatic heterocycles. The number of rotatable bonds is 9. The standard InChI is InChI=1S/C22H29N3O3/c1-7-16(8-2)28-20-11-15(13-23)21(25-22(20)24-5)18-10-9-17(27-14(3)4)12-19(18)26-6/h9-12,14,16H,7-8H2,1-6H3,(H,24,25). The van der Waals surface area contributed by atoms with Crippen LogP contribution < -0.4 is 19.5 Å². The van der Waals surface area contributed by atoms with E-state index in [4.69, 9.17) is 14.2 Å². The van der Waals surface area contributed by atoms with Gasteiger partial charge in [0.2, 0.25) is 0 Å². The van der Waals surface area contributed by atoms with E-state index in [1.807, 2.05) is 32.0 Å². The molecule has 0 radical (unpaired) electrons. The molecule has 0 aliphatic carbocycles. The van der Waals surface area contributed by atoms with E-state index in [1.54, 1.807) is 20.2 Å². The van der Waals surface area contributed by atoms with E-state index in [0.29, 0.717) is 34.3 Å². The number of pyridine rings is 1. The zero-order valence-corrected chi connectivity index (χ0v) is 17.5. The van der Waals surface area contributed by atoms with Crippen molar-refractivity contribution in [2.75, 3.05) is 19.5 Å². The van der Waals surface area contributed by atoms with E-state index >= 15 is 0 Å². The van der Waals surface area contributed by atoms with E-state index in [9.17, 15) is 5.26 Å². The van der Waals surface area contributed by atoms with Gasteiger partial charge in [0.15, 0.2) is 11.6 Å². The lowest BCUT2D eigenvalue weighted by molar-refractivity contribution is 0.193. The molecule has 0 aliphatic heterocycles. The highest BCUT2D eigenvalue weighted by Gasteiger charge is 2.19. The van der Waals surface area contributed by atoms with E-state index in [2.05, 4.69) is 30.2 Å². The molecule has 0 spiro atoms. The minimum Gasteiger partial charge on any atom is -0.496 e. The van der Waals surface area contributed by atoms with Gasteiger partial charge in [-0.25, -0.2) is 4.98 Å². The van der Waals surface area contributed by atoms with Gasteiger partial charge < -0.3 is 19.5 Å². The van der Waals surface area contributed by atoms with Gasteiger partial charge in [-0.15, -0.1) is 0 Å². The summed E-state index contributed by atoms with van der Waals surface area (Å²) in [6, 6.07) is 9.51. The topological polar surface area (TPSA) is 76.4 Å². The lowest BCUT2D eigenvalue weighted by Crippen LogP contribution is -2.15. The maximum Gasteiger partial charge on any atom is 0.169 e. The zero-order chi connectivity index (χ0) is 20.7. The van der Waals surface area contributed by atoms with Crippen LogP contribution in [0.3, 0.4) is 0 Å². The molecule has 150 valence electrons. The number of methoxy groups -OCH3 is 1. The predicted molar refractivity (Wildman–Crippen MR) is 111 cm³/mol. The second-order valence-electron chi connectivity index (χ2n) is 6.68. The Labute approximate surface area is 167 Å². The SMILES string of the molecule is CCC(CC)Oc1cc(C#N)c(-c2ccc(OC(C)C)cc2OC)nc1NC. The number of nitrogens with one attached hydrogen (secondary N) is 1. The van der Waals surface area contributed by atoms with Crippen molar-refractivity contribution in [3.05, 3.63) is 29.8 Å². The second kappa shape index (κ2) is 9.84. The Morgan fingerprint density at radius 2 is 1.82 bits per heavy atom. The maximum absolute atomic E-state index is 9.72. The fraction of sp³-hybridized carbons (Fsp3) is 0.455. The van der Waals surface area contributed by atoms with Crippen molar-refractivity contribution in [3.8, 4) is 34.6 Å². The first-order chi connectivity index (χ1) is 13.5. The molecule has 2 rings (SSSR count). The third-order valence-electron chi connectivity index (χ3n) is 4.35. The first kappa shape index (κ1) is 21.4. The molecular weight excluding hydrogens is 354 g/mol. The summed E-state index contributed by atoms with van der Waals surface area (Å²) in [5.74, 6) is 2.47. The fourth-order valence-corrected chi connectivity index (χ4v) is 2.90. The van der Waals surface area contributed by atoms with Gasteiger partial charge in [0.05, 0.1) is 30.6 Å². The van der Waals surface area contributed by atoms with E-state index in [1.165, 1.54) is 0 Å². The summed E-state index contributed by atoms with van der Waals surface area (Å²) in [5.41, 5.74) is 1.69. The molecular formula is C22H29N3O3. The number of anilines is 1. The van der Waals surface area contributed by atoms with Crippen LogP contribution in [0.5, 0.6) is 17.2 Å². The Bertz CT molecular complexity index is 840. The van der Waals surface area contributed by atoms with Gasteiger partial charge in [-0.1, -0.05) is 13.8 Å². The molecule has 6 heteroatoms. The minimum absolute atomic E-state index is 0.0563. The van der Waals surface area contributed by atoms with Crippen LogP contribution in [0.25, 0.3) is 11.3 Å². The highest BCUT2D eigenvalue weighted by molar-refractivity contribution is 5.76. The lowest BCUT2D eigenvalue weighted by Gasteiger charge is -2.19. The van der Waals surface area contributed by atoms with Crippen molar-refractivity contribution in [2.45, 2.75) is 52.7 Å². The minimum atomic E-state index is 0.0563. The van der Waals surface area contributed by atoms with Gasteiger partial charge in [0.25, 0.3) is 0 Å². The first-order valence-electron chi connectivity index (χ1n) is 9.61. The van der Waals surface area contributed by atoms with Crippen molar-refractivity contribution in [2.24, 2.45) is 0 Å². The summed E-state index contributed by atoms with van der Waals surface area (Å²) in [4.78, 5) is 4.67. The number of aromatic nitrogens is 1. The molecule has 0 saturated carbocycles. The van der Waals surface area contributed by atoms with E-state index < -0.39 is 0 Å². The number of hydrogen-bond acceptors (Lipinski definition) is 6. The Morgan fingerprint density at radius 3 is 2.36 bits per heavy atom. The average molecular weight is 383 g/mol. The zero-order valence-electron chi connectivity index (χ0n) is 17.5. The molecule has 1 N–H and O–H groups in total. The van der Waals surface area contributed by atoms with Gasteiger partial charge in [0, 0.05) is 24.7 Å². The monoisotopic (exact) mass is 383 g/mol. The largest absolute Gasteiger partial charge is 0.496 e. The van der Waals surface area contributed by atoms with Gasteiger partial charge in [-0.2, -0.15) is 5.26 Å². The summed E-state index contributed by atoms with van der Waals surface area (Å²) in [6.45, 7) is 8.08. The Balaban J connectivity index is 2.55. The van der Waals surface area contributed by atoms with Crippen LogP contribution in [0.4, 0.5) is 5.82 Å². The number of benzene rings is 1. The normalized spacial score (nSPS) is 10.7. The highest BCUT2D eigenvalue weighted by Crippen LogP contribution is 2.37. The van der Waals surface area contributed by atoms with Crippen molar-refractivity contribution < 1.29 is 14.2 Å². The summed E-state index contributed by atoms with van der Waals surface area (Å²) < 4.78 is 17.3. The van der Waals surface area contributed by atoms with Crippen LogP contribution in [0, 0.1) is 11.3 Å². The number of nitrogens with zero attached hydrogens (tertiary/aromatic N) is 2. The third kappa shape index (κ3) is 4.86. The molecule has 0 bridgehead atoms. The molecule has 6 nitrogen and oxygen atoms in total. The molecule has 2 aromatic rings. The summed E-state index contributed by atoms with van der Waals surface area (Å²) in [6.07, 6.45) is 1.90. The Kier molecular flexibility index (Phi) is 7.51. The molecule has 0 atom stereocenters. The molecule has 1 aromatic carbocycles. The molecule has 28 heavy (non-hydrogen) atoms. The van der Waals surface area contributed by atoms with E-state index in [-0.39, 0.29) is 12.2 Å². The smallest absolute Gasteiger partial charge is 0.169 e. The van der Waals surface area contributed by atoms with Crippen molar-refractivity contribution >= 4 is 5.82 Å². The van der Waals surface area contributed by atoms with Crippen LogP contribution in [0.15, 0.2) is 24.3 Å². The quantitative estimate of drug-likeness (QED) is 0.655. The first-order valence-corrected chi connectivity index (χ1v) is 9.61. The fourth-order valence-electron chi connectivity index (χ4n) is 2.90. The number of ether oxygens (including phenoxy) is 3. The van der Waals surface area contributed by atoms with Crippen LogP contribution in [0.2, 0.25) is 0 Å². The van der Waals surface area contributed by atoms with Crippen molar-refractivity contribution in [1.82, 2.24) is 4.98 Å². The van der Waals surface area contributed by atoms with Crippen LogP contribution in [-0.4, -0.2) is 31.3 Å². The molecule has 0 fully saturated rings. The molecule has 0 saturated heterocycles. The average Bonchev–Trinajstić information content (AvgIpc) is 2.70. The van der Waals surface area contributed by atoms with Gasteiger partial charge in [0.1, 0.15) is 17.6 Å². The molecule has 0 aliphatic rings. The molecule has 0 amide bonds. The number of nitriles is 1.